The SMILES string of the molecule is Cc1ccc(S(=O)(=O)O[I+](c2ccccc2F)c2ccccc2F)cc1. The Morgan fingerprint density at radius 3 is 1.69 bits per heavy atom. The molecule has 0 fully saturated rings. The van der Waals surface area contributed by atoms with Crippen molar-refractivity contribution in [2.45, 2.75) is 11.8 Å². The molecule has 0 bridgehead atoms. The molecule has 0 aliphatic rings. The molecule has 0 amide bonds. The second-order valence-corrected chi connectivity index (χ2v) is 11.7. The summed E-state index contributed by atoms with van der Waals surface area (Å²) in [5.41, 5.74) is 0.891. The van der Waals surface area contributed by atoms with E-state index in [1.54, 1.807) is 24.3 Å². The van der Waals surface area contributed by atoms with E-state index in [1.165, 1.54) is 48.5 Å². The van der Waals surface area contributed by atoms with Gasteiger partial charge in [0, 0.05) is 0 Å². The molecule has 0 aliphatic carbocycles. The summed E-state index contributed by atoms with van der Waals surface area (Å²) in [6.07, 6.45) is 0. The van der Waals surface area contributed by atoms with E-state index in [2.05, 4.69) is 0 Å². The van der Waals surface area contributed by atoms with Gasteiger partial charge in [-0.3, -0.25) is 0 Å². The Morgan fingerprint density at radius 1 is 0.769 bits per heavy atom. The van der Waals surface area contributed by atoms with Gasteiger partial charge in [-0.05, 0) is 45.8 Å². The van der Waals surface area contributed by atoms with Gasteiger partial charge >= 0.3 is 30.4 Å². The summed E-state index contributed by atoms with van der Waals surface area (Å²) in [5, 5.41) is 0. The summed E-state index contributed by atoms with van der Waals surface area (Å²) in [5.74, 6) is -1.22. The Bertz CT molecular complexity index is 975. The van der Waals surface area contributed by atoms with Crippen LogP contribution in [0.5, 0.6) is 0 Å². The van der Waals surface area contributed by atoms with Gasteiger partial charge in [-0.25, -0.2) is 8.78 Å². The maximum Gasteiger partial charge on any atom is 0.336 e. The van der Waals surface area contributed by atoms with Crippen LogP contribution in [0.2, 0.25) is 0 Å². The molecule has 0 spiro atoms. The molecule has 0 aliphatic heterocycles. The highest BCUT2D eigenvalue weighted by Crippen LogP contribution is 2.11. The molecule has 3 nitrogen and oxygen atoms in total. The molecule has 0 atom stereocenters. The third kappa shape index (κ3) is 4.11. The highest BCUT2D eigenvalue weighted by atomic mass is 127. The molecule has 0 aromatic heterocycles. The van der Waals surface area contributed by atoms with Crippen LogP contribution in [0.1, 0.15) is 5.56 Å². The minimum atomic E-state index is -4.17. The van der Waals surface area contributed by atoms with E-state index in [4.69, 9.17) is 2.51 Å². The minimum Gasteiger partial charge on any atom is -0.202 e. The van der Waals surface area contributed by atoms with Crippen molar-refractivity contribution in [3.63, 3.8) is 0 Å². The number of rotatable bonds is 5. The monoisotopic (exact) mass is 488 g/mol. The van der Waals surface area contributed by atoms with Crippen molar-refractivity contribution >= 4 is 10.1 Å². The number of hydrogen-bond acceptors (Lipinski definition) is 3. The highest BCUT2D eigenvalue weighted by Gasteiger charge is 2.41. The van der Waals surface area contributed by atoms with Gasteiger partial charge in [0.1, 0.15) is 0 Å². The van der Waals surface area contributed by atoms with E-state index < -0.39 is 42.0 Å². The fraction of sp³-hybridized carbons (Fsp3) is 0.0526. The first-order chi connectivity index (χ1) is 12.4. The number of benzene rings is 3. The summed E-state index contributed by atoms with van der Waals surface area (Å²) < 4.78 is 59.7. The molecule has 0 unspecified atom stereocenters. The van der Waals surface area contributed by atoms with Gasteiger partial charge in [-0.2, -0.15) is 8.42 Å². The lowest BCUT2D eigenvalue weighted by atomic mass is 10.2. The third-order valence-corrected chi connectivity index (χ3v) is 11.0. The van der Waals surface area contributed by atoms with Crippen molar-refractivity contribution in [1.29, 1.82) is 0 Å². The molecule has 3 aromatic rings. The fourth-order valence-electron chi connectivity index (χ4n) is 2.16. The molecular formula is C19H15F2IO3S+. The van der Waals surface area contributed by atoms with Crippen molar-refractivity contribution < 1.29 is 39.9 Å². The summed E-state index contributed by atoms with van der Waals surface area (Å²) in [4.78, 5) is -0.0434. The van der Waals surface area contributed by atoms with Gasteiger partial charge < -0.3 is 0 Å². The van der Waals surface area contributed by atoms with Crippen LogP contribution in [0.15, 0.2) is 77.7 Å². The zero-order valence-electron chi connectivity index (χ0n) is 13.7. The first kappa shape index (κ1) is 18.9. The van der Waals surface area contributed by atoms with E-state index in [-0.39, 0.29) is 12.0 Å². The first-order valence-corrected chi connectivity index (χ1v) is 12.0. The Morgan fingerprint density at radius 2 is 1.23 bits per heavy atom. The summed E-state index contributed by atoms with van der Waals surface area (Å²) >= 11 is -3.40. The smallest absolute Gasteiger partial charge is 0.202 e. The highest BCUT2D eigenvalue weighted by molar-refractivity contribution is 7.86. The maximum atomic E-state index is 14.3. The zero-order valence-corrected chi connectivity index (χ0v) is 16.7. The van der Waals surface area contributed by atoms with Gasteiger partial charge in [-0.1, -0.05) is 42.0 Å². The molecule has 7 heteroatoms. The molecular weight excluding hydrogens is 473 g/mol. The fourth-order valence-corrected chi connectivity index (χ4v) is 9.20. The van der Waals surface area contributed by atoms with Gasteiger partial charge in [0.15, 0.2) is 11.6 Å². The van der Waals surface area contributed by atoms with E-state index in [0.29, 0.717) is 0 Å². The third-order valence-electron chi connectivity index (χ3n) is 3.47. The largest absolute Gasteiger partial charge is 0.336 e. The van der Waals surface area contributed by atoms with Crippen molar-refractivity contribution in [3.05, 3.63) is 97.1 Å². The average Bonchev–Trinajstić information content (AvgIpc) is 2.61. The lowest BCUT2D eigenvalue weighted by Crippen LogP contribution is -3.86. The predicted molar refractivity (Wildman–Crippen MR) is 89.6 cm³/mol. The van der Waals surface area contributed by atoms with E-state index in [0.717, 1.165) is 5.56 Å². The molecule has 26 heavy (non-hydrogen) atoms. The van der Waals surface area contributed by atoms with Crippen LogP contribution >= 0.6 is 0 Å². The normalized spacial score (nSPS) is 11.7. The van der Waals surface area contributed by atoms with Crippen LogP contribution in [-0.2, 0) is 12.6 Å². The predicted octanol–water partition coefficient (Wildman–Crippen LogP) is 1.26. The van der Waals surface area contributed by atoms with E-state index in [9.17, 15) is 17.2 Å². The zero-order chi connectivity index (χ0) is 18.7. The van der Waals surface area contributed by atoms with Gasteiger partial charge in [0.2, 0.25) is 7.14 Å². The molecule has 3 rings (SSSR count). The number of halogens is 3. The second-order valence-electron chi connectivity index (χ2n) is 5.41. The quantitative estimate of drug-likeness (QED) is 0.509. The van der Waals surface area contributed by atoms with Crippen molar-refractivity contribution in [3.8, 4) is 0 Å². The summed E-state index contributed by atoms with van der Waals surface area (Å²) in [7, 11) is -4.17. The van der Waals surface area contributed by atoms with Crippen LogP contribution in [0.4, 0.5) is 8.78 Å². The number of aryl methyl sites for hydroxylation is 1. The Kier molecular flexibility index (Phi) is 5.69. The lowest BCUT2D eigenvalue weighted by Gasteiger charge is -2.07. The molecule has 0 N–H and O–H groups in total. The van der Waals surface area contributed by atoms with Crippen LogP contribution in [0.25, 0.3) is 0 Å². The molecule has 135 valence electrons. The van der Waals surface area contributed by atoms with Crippen LogP contribution in [0.3, 0.4) is 0 Å². The first-order valence-electron chi connectivity index (χ1n) is 7.59. The lowest BCUT2D eigenvalue weighted by molar-refractivity contribution is -1.03. The molecule has 0 heterocycles. The number of hydrogen-bond donors (Lipinski definition) is 0. The molecule has 3 aromatic carbocycles. The Balaban J connectivity index is 2.09. The maximum absolute atomic E-state index is 14.3. The Labute approximate surface area is 158 Å². The van der Waals surface area contributed by atoms with Crippen molar-refractivity contribution in [1.82, 2.24) is 0 Å². The van der Waals surface area contributed by atoms with Crippen LogP contribution in [-0.4, -0.2) is 8.42 Å². The molecule has 1 radical (unpaired) electrons. The average molecular weight is 488 g/mol. The van der Waals surface area contributed by atoms with E-state index in [1.807, 2.05) is 6.92 Å². The van der Waals surface area contributed by atoms with E-state index >= 15 is 0 Å². The van der Waals surface area contributed by atoms with Gasteiger partial charge in [-0.15, -0.1) is 0 Å². The second kappa shape index (κ2) is 7.81. The standard InChI is InChI=1S/C19H15F2IO3S/c1-14-10-12-15(13-11-14)26(23,24)25-22(18-8-4-2-6-16(18)20)19-9-5-3-7-17(19)21/h2-13H,1H3/q+1. The summed E-state index contributed by atoms with van der Waals surface area (Å²) in [6, 6.07) is 17.5. The Hall–Kier alpha value is -1.84. The molecule has 0 saturated heterocycles. The minimum absolute atomic E-state index is 0.0434. The van der Waals surface area contributed by atoms with Crippen molar-refractivity contribution in [2.24, 2.45) is 0 Å². The van der Waals surface area contributed by atoms with Crippen LogP contribution in [0, 0.1) is 25.7 Å². The topological polar surface area (TPSA) is 43.4 Å². The van der Waals surface area contributed by atoms with Crippen LogP contribution < -0.4 is 20.2 Å². The van der Waals surface area contributed by atoms with Gasteiger partial charge in [0.25, 0.3) is 0 Å². The summed E-state index contributed by atoms with van der Waals surface area (Å²) in [6.45, 7) is 1.83. The molecule has 0 saturated carbocycles. The van der Waals surface area contributed by atoms with Crippen molar-refractivity contribution in [2.75, 3.05) is 0 Å². The van der Waals surface area contributed by atoms with Gasteiger partial charge in [0.05, 0.1) is 4.90 Å².